The molecule has 13 heteroatoms. The van der Waals surface area contributed by atoms with Crippen molar-refractivity contribution < 1.29 is 38.1 Å². The fourth-order valence-corrected chi connectivity index (χ4v) is 6.89. The lowest BCUT2D eigenvalue weighted by Crippen LogP contribution is -2.56. The molecule has 2 heterocycles. The van der Waals surface area contributed by atoms with Crippen LogP contribution in [0.3, 0.4) is 0 Å². The number of nitrogens with one attached hydrogen (secondary N) is 2. The summed E-state index contributed by atoms with van der Waals surface area (Å²) >= 11 is 0. The number of hydrogen-bond donors (Lipinski definition) is 2. The number of anilines is 1. The van der Waals surface area contributed by atoms with Gasteiger partial charge in [0.05, 0.1) is 33.1 Å². The first-order valence-corrected chi connectivity index (χ1v) is 16.6. The van der Waals surface area contributed by atoms with Crippen LogP contribution in [-0.4, -0.2) is 93.8 Å². The number of benzene rings is 2. The topological polar surface area (TPSA) is 145 Å². The highest BCUT2D eigenvalue weighted by molar-refractivity contribution is 5.87. The summed E-state index contributed by atoms with van der Waals surface area (Å²) in [6, 6.07) is 12.9. The van der Waals surface area contributed by atoms with E-state index in [4.69, 9.17) is 23.7 Å². The molecule has 3 aromatic carbocycles. The predicted molar refractivity (Wildman–Crippen MR) is 185 cm³/mol. The standard InChI is InChI=1S/C37H42N4O9/c1-21(36(44)40-14-16-41(17-15-40)37(45)32-20-49-29-8-6-7-9-30(29)50-32)38-27-13-11-24-25(19-28(27)43)26(39-22(2)42)12-10-23-18-31(46-3)34(47-4)35(48-5)33(23)24/h6-9,11,13,18-19,21,26,32H,10,12,14-17,20H2,1-5H3,(H,38,43)(H,39,42)/t21-,26-,32-/m1/s1. The van der Waals surface area contributed by atoms with E-state index in [-0.39, 0.29) is 35.4 Å². The molecule has 2 aliphatic heterocycles. The van der Waals surface area contributed by atoms with E-state index in [1.54, 1.807) is 49.1 Å². The van der Waals surface area contributed by atoms with Crippen molar-refractivity contribution in [2.75, 3.05) is 59.4 Å². The number of amides is 3. The number of aryl methyl sites for hydroxylation is 1. The summed E-state index contributed by atoms with van der Waals surface area (Å²) in [6.07, 6.45) is 0.354. The maximum Gasteiger partial charge on any atom is 0.267 e. The van der Waals surface area contributed by atoms with Crippen LogP contribution in [0.2, 0.25) is 0 Å². The van der Waals surface area contributed by atoms with Crippen LogP contribution in [0.15, 0.2) is 53.3 Å². The second-order valence-corrected chi connectivity index (χ2v) is 12.5. The Labute approximate surface area is 290 Å². The summed E-state index contributed by atoms with van der Waals surface area (Å²) in [5, 5.41) is 6.13. The molecular weight excluding hydrogens is 644 g/mol. The molecule has 3 aliphatic rings. The molecule has 3 aromatic rings. The van der Waals surface area contributed by atoms with Crippen molar-refractivity contribution >= 4 is 23.4 Å². The van der Waals surface area contributed by atoms with Gasteiger partial charge in [-0.05, 0) is 66.8 Å². The lowest BCUT2D eigenvalue weighted by molar-refractivity contribution is -0.146. The summed E-state index contributed by atoms with van der Waals surface area (Å²) in [7, 11) is 4.63. The molecule has 2 N–H and O–H groups in total. The average Bonchev–Trinajstić information content (AvgIpc) is 3.37. The van der Waals surface area contributed by atoms with Gasteiger partial charge in [-0.25, -0.2) is 0 Å². The molecule has 1 aliphatic carbocycles. The number of hydrogen-bond acceptors (Lipinski definition) is 10. The number of piperazine rings is 1. The predicted octanol–water partition coefficient (Wildman–Crippen LogP) is 3.17. The minimum Gasteiger partial charge on any atom is -0.493 e. The molecule has 0 aromatic heterocycles. The van der Waals surface area contributed by atoms with Crippen LogP contribution in [0.25, 0.3) is 11.1 Å². The maximum atomic E-state index is 13.8. The molecule has 50 heavy (non-hydrogen) atoms. The van der Waals surface area contributed by atoms with E-state index in [2.05, 4.69) is 10.6 Å². The minimum absolute atomic E-state index is 0.122. The molecule has 1 saturated heterocycles. The van der Waals surface area contributed by atoms with Crippen LogP contribution in [-0.2, 0) is 20.8 Å². The Morgan fingerprint density at radius 1 is 0.900 bits per heavy atom. The van der Waals surface area contributed by atoms with Crippen LogP contribution >= 0.6 is 0 Å². The number of para-hydroxylation sites is 2. The molecule has 0 spiro atoms. The monoisotopic (exact) mass is 686 g/mol. The molecule has 0 radical (unpaired) electrons. The van der Waals surface area contributed by atoms with Crippen molar-refractivity contribution in [3.8, 4) is 39.9 Å². The Morgan fingerprint density at radius 3 is 2.28 bits per heavy atom. The zero-order valence-corrected chi connectivity index (χ0v) is 28.9. The smallest absolute Gasteiger partial charge is 0.267 e. The van der Waals surface area contributed by atoms with Gasteiger partial charge in [0.1, 0.15) is 12.6 Å². The van der Waals surface area contributed by atoms with E-state index >= 15 is 0 Å². The second-order valence-electron chi connectivity index (χ2n) is 12.5. The molecule has 0 saturated carbocycles. The molecule has 3 atom stereocenters. The van der Waals surface area contributed by atoms with Gasteiger partial charge in [0.2, 0.25) is 29.1 Å². The SMILES string of the molecule is COc1cc2c(c(OC)c1OC)-c1ccc(N[C@H](C)C(=O)N3CCN(C(=O)[C@H]4COc5ccccc5O4)CC3)c(=O)cc1[C@H](NC(C)=O)CC2. The highest BCUT2D eigenvalue weighted by Gasteiger charge is 2.35. The Hall–Kier alpha value is -5.46. The lowest BCUT2D eigenvalue weighted by Gasteiger charge is -2.38. The Kier molecular flexibility index (Phi) is 10.0. The zero-order valence-electron chi connectivity index (χ0n) is 28.9. The van der Waals surface area contributed by atoms with E-state index in [9.17, 15) is 19.2 Å². The zero-order chi connectivity index (χ0) is 35.5. The number of nitrogens with zero attached hydrogens (tertiary/aromatic N) is 2. The van der Waals surface area contributed by atoms with Crippen LogP contribution in [0, 0.1) is 0 Å². The van der Waals surface area contributed by atoms with Gasteiger partial charge in [-0.1, -0.05) is 18.2 Å². The third-order valence-corrected chi connectivity index (χ3v) is 9.35. The van der Waals surface area contributed by atoms with Gasteiger partial charge in [0.25, 0.3) is 5.91 Å². The van der Waals surface area contributed by atoms with Gasteiger partial charge in [-0.15, -0.1) is 0 Å². The van der Waals surface area contributed by atoms with Crippen LogP contribution < -0.4 is 39.7 Å². The largest absolute Gasteiger partial charge is 0.493 e. The van der Waals surface area contributed by atoms with Crippen LogP contribution in [0.5, 0.6) is 28.7 Å². The lowest BCUT2D eigenvalue weighted by atomic mass is 9.95. The van der Waals surface area contributed by atoms with Crippen LogP contribution in [0.4, 0.5) is 5.69 Å². The van der Waals surface area contributed by atoms with Crippen molar-refractivity contribution in [2.24, 2.45) is 0 Å². The highest BCUT2D eigenvalue weighted by Crippen LogP contribution is 2.50. The fourth-order valence-electron chi connectivity index (χ4n) is 6.89. The van der Waals surface area contributed by atoms with Crippen LogP contribution in [0.1, 0.15) is 37.4 Å². The quantitative estimate of drug-likeness (QED) is 0.363. The van der Waals surface area contributed by atoms with Gasteiger partial charge in [-0.2, -0.15) is 0 Å². The normalized spacial score (nSPS) is 18.4. The minimum atomic E-state index is -0.752. The molecule has 0 bridgehead atoms. The van der Waals surface area contributed by atoms with E-state index < -0.39 is 18.2 Å². The first-order valence-electron chi connectivity index (χ1n) is 16.6. The third kappa shape index (κ3) is 6.72. The number of carbonyl (C=O) groups is 3. The summed E-state index contributed by atoms with van der Waals surface area (Å²) < 4.78 is 28.7. The molecule has 3 amide bonds. The molecular formula is C37H42N4O9. The van der Waals surface area contributed by atoms with E-state index in [0.717, 1.165) is 11.1 Å². The van der Waals surface area contributed by atoms with Gasteiger partial charge in [0.15, 0.2) is 23.0 Å². The molecule has 6 rings (SSSR count). The fraction of sp³-hybridized carbons (Fsp3) is 0.405. The number of fused-ring (bicyclic) bond motifs is 4. The number of rotatable bonds is 8. The highest BCUT2D eigenvalue weighted by atomic mass is 16.6. The van der Waals surface area contributed by atoms with E-state index in [0.29, 0.717) is 78.9 Å². The Bertz CT molecular complexity index is 1860. The van der Waals surface area contributed by atoms with Gasteiger partial charge >= 0.3 is 0 Å². The van der Waals surface area contributed by atoms with Crippen molar-refractivity contribution in [1.29, 1.82) is 0 Å². The Balaban J connectivity index is 1.21. The summed E-state index contributed by atoms with van der Waals surface area (Å²) in [5.74, 6) is 1.90. The second kappa shape index (κ2) is 14.6. The molecule has 1 fully saturated rings. The maximum absolute atomic E-state index is 13.8. The van der Waals surface area contributed by atoms with Gasteiger partial charge in [-0.3, -0.25) is 19.2 Å². The van der Waals surface area contributed by atoms with Gasteiger partial charge in [0, 0.05) is 38.7 Å². The van der Waals surface area contributed by atoms with E-state index in [1.807, 2.05) is 24.3 Å². The number of methoxy groups -OCH3 is 3. The third-order valence-electron chi connectivity index (χ3n) is 9.35. The Morgan fingerprint density at radius 2 is 1.60 bits per heavy atom. The summed E-state index contributed by atoms with van der Waals surface area (Å²) in [4.78, 5) is 56.2. The number of ether oxygens (including phenoxy) is 5. The summed E-state index contributed by atoms with van der Waals surface area (Å²) in [6.45, 7) is 4.63. The van der Waals surface area contributed by atoms with Gasteiger partial charge < -0.3 is 44.1 Å². The average molecular weight is 687 g/mol. The molecule has 264 valence electrons. The van der Waals surface area contributed by atoms with E-state index in [1.165, 1.54) is 20.1 Å². The van der Waals surface area contributed by atoms with Crippen molar-refractivity contribution in [3.63, 3.8) is 0 Å². The first kappa shape index (κ1) is 34.4. The van der Waals surface area contributed by atoms with Crippen molar-refractivity contribution in [2.45, 2.75) is 44.9 Å². The van der Waals surface area contributed by atoms with Crippen molar-refractivity contribution in [1.82, 2.24) is 15.1 Å². The molecule has 13 nitrogen and oxygen atoms in total. The summed E-state index contributed by atoms with van der Waals surface area (Å²) in [5.41, 5.74) is 2.85. The number of carbonyl (C=O) groups excluding carboxylic acids is 3. The van der Waals surface area contributed by atoms with Crippen molar-refractivity contribution in [3.05, 3.63) is 69.9 Å². The molecule has 0 unspecified atom stereocenters. The first-order chi connectivity index (χ1) is 24.1.